The van der Waals surface area contributed by atoms with Gasteiger partial charge in [-0.2, -0.15) is 5.26 Å². The van der Waals surface area contributed by atoms with E-state index >= 15 is 0 Å². The van der Waals surface area contributed by atoms with Gasteiger partial charge in [0.15, 0.2) is 0 Å². The van der Waals surface area contributed by atoms with Crippen molar-refractivity contribution >= 4 is 33.0 Å². The average Bonchev–Trinajstić information content (AvgIpc) is 3.02. The van der Waals surface area contributed by atoms with E-state index in [2.05, 4.69) is 23.3 Å². The van der Waals surface area contributed by atoms with Crippen LogP contribution in [0.4, 0.5) is 5.00 Å². The van der Waals surface area contributed by atoms with Crippen LogP contribution < -0.4 is 5.32 Å². The second-order valence-electron chi connectivity index (χ2n) is 7.38. The van der Waals surface area contributed by atoms with Crippen molar-refractivity contribution in [2.24, 2.45) is 0 Å². The van der Waals surface area contributed by atoms with Gasteiger partial charge in [0.25, 0.3) is 5.91 Å². The van der Waals surface area contributed by atoms with Gasteiger partial charge in [0.2, 0.25) is 0 Å². The molecule has 6 nitrogen and oxygen atoms in total. The van der Waals surface area contributed by atoms with Gasteiger partial charge in [0, 0.05) is 31.1 Å². The van der Waals surface area contributed by atoms with E-state index in [0.717, 1.165) is 35.8 Å². The summed E-state index contributed by atoms with van der Waals surface area (Å²) in [5.41, 5.74) is 2.35. The Morgan fingerprint density at radius 3 is 2.63 bits per heavy atom. The van der Waals surface area contributed by atoms with Gasteiger partial charge in [-0.3, -0.25) is 4.79 Å². The number of thiophene rings is 1. The van der Waals surface area contributed by atoms with E-state index in [1.807, 2.05) is 42.5 Å². The van der Waals surface area contributed by atoms with Crippen molar-refractivity contribution in [1.29, 1.82) is 5.26 Å². The Bertz CT molecular complexity index is 1070. The highest BCUT2D eigenvalue weighted by Gasteiger charge is 2.24. The minimum absolute atomic E-state index is 0. The van der Waals surface area contributed by atoms with Crippen LogP contribution in [0, 0.1) is 11.3 Å². The highest BCUT2D eigenvalue weighted by Crippen LogP contribution is 2.36. The highest BCUT2D eigenvalue weighted by atomic mass is 32.1. The number of anilines is 1. The molecule has 160 valence electrons. The van der Waals surface area contributed by atoms with Crippen molar-refractivity contribution < 1.29 is 16.8 Å². The molecule has 0 aliphatic carbocycles. The second-order valence-corrected chi connectivity index (χ2v) is 8.49. The summed E-state index contributed by atoms with van der Waals surface area (Å²) in [4.78, 5) is 16.3. The largest absolute Gasteiger partial charge is 0.412 e. The molecular formula is C23H29N3O3S. The van der Waals surface area contributed by atoms with Crippen LogP contribution in [0.1, 0.15) is 41.6 Å². The fraction of sp³-hybridized carbons (Fsp3) is 0.304. The molecule has 0 atom stereocenters. The van der Waals surface area contributed by atoms with Crippen molar-refractivity contribution in [3.63, 3.8) is 0 Å². The number of fused-ring (bicyclic) bond motifs is 2. The van der Waals surface area contributed by atoms with Crippen molar-refractivity contribution in [1.82, 2.24) is 4.90 Å². The molecule has 0 saturated carbocycles. The Labute approximate surface area is 182 Å². The lowest BCUT2D eigenvalue weighted by Crippen LogP contribution is -2.25. The lowest BCUT2D eigenvalue weighted by atomic mass is 10.0. The van der Waals surface area contributed by atoms with Crippen LogP contribution in [0.2, 0.25) is 0 Å². The number of hydrogen-bond acceptors (Lipinski definition) is 5. The average molecular weight is 428 g/mol. The van der Waals surface area contributed by atoms with E-state index in [1.54, 1.807) is 13.8 Å². The lowest BCUT2D eigenvalue weighted by molar-refractivity contribution is 0.102. The number of benzene rings is 2. The molecule has 0 saturated heterocycles. The summed E-state index contributed by atoms with van der Waals surface area (Å²) >= 11 is 1.52. The van der Waals surface area contributed by atoms with Gasteiger partial charge in [-0.1, -0.05) is 36.4 Å². The van der Waals surface area contributed by atoms with E-state index in [0.29, 0.717) is 16.1 Å². The van der Waals surface area contributed by atoms with E-state index < -0.39 is 0 Å². The van der Waals surface area contributed by atoms with Gasteiger partial charge in [0.05, 0.1) is 5.56 Å². The lowest BCUT2D eigenvalue weighted by Gasteiger charge is -2.21. The molecule has 2 heterocycles. The van der Waals surface area contributed by atoms with Crippen molar-refractivity contribution in [2.45, 2.75) is 32.9 Å². The molecule has 0 bridgehead atoms. The molecular weight excluding hydrogens is 398 g/mol. The summed E-state index contributed by atoms with van der Waals surface area (Å²) in [6.45, 7) is 5.22. The third-order valence-corrected chi connectivity index (χ3v) is 5.75. The molecule has 1 aliphatic rings. The summed E-state index contributed by atoms with van der Waals surface area (Å²) in [7, 11) is 2.07. The van der Waals surface area contributed by atoms with Gasteiger partial charge in [0.1, 0.15) is 11.1 Å². The molecule has 0 unspecified atom stereocenters. The van der Waals surface area contributed by atoms with Crippen LogP contribution in [0.3, 0.4) is 0 Å². The number of nitriles is 1. The zero-order valence-electron chi connectivity index (χ0n) is 17.4. The molecule has 0 spiro atoms. The van der Waals surface area contributed by atoms with Gasteiger partial charge < -0.3 is 20.8 Å². The third kappa shape index (κ3) is 5.23. The number of hydrogen-bond donors (Lipinski definition) is 2. The number of nitrogens with zero attached hydrogens (tertiary/aromatic N) is 2. The number of carbonyl (C=O) groups is 1. The quantitative estimate of drug-likeness (QED) is 0.648. The summed E-state index contributed by atoms with van der Waals surface area (Å²) in [6, 6.07) is 15.8. The van der Waals surface area contributed by atoms with Gasteiger partial charge in [-0.05, 0) is 49.7 Å². The first-order chi connectivity index (χ1) is 13.9. The van der Waals surface area contributed by atoms with Crippen LogP contribution in [0.5, 0.6) is 0 Å². The number of carbonyl (C=O) groups excluding carboxylic acids is 1. The molecule has 1 aliphatic heterocycles. The second kappa shape index (κ2) is 10.3. The van der Waals surface area contributed by atoms with Crippen LogP contribution in [-0.4, -0.2) is 41.1 Å². The molecule has 4 N–H and O–H groups in total. The summed E-state index contributed by atoms with van der Waals surface area (Å²) in [5.74, 6) is -0.166. The van der Waals surface area contributed by atoms with Crippen molar-refractivity contribution in [3.8, 4) is 6.07 Å². The SMILES string of the molecule is CC(C)O.CN1CCc2c(sc(NC(=O)c3cccc4ccccc34)c2C#N)C1.O.[HH]. The fourth-order valence-electron chi connectivity index (χ4n) is 3.33. The molecule has 1 aromatic heterocycles. The van der Waals surface area contributed by atoms with Crippen LogP contribution >= 0.6 is 11.3 Å². The zero-order chi connectivity index (χ0) is 21.0. The first kappa shape index (κ1) is 23.5. The predicted molar refractivity (Wildman–Crippen MR) is 124 cm³/mol. The van der Waals surface area contributed by atoms with E-state index in [9.17, 15) is 10.1 Å². The Morgan fingerprint density at radius 2 is 1.93 bits per heavy atom. The Morgan fingerprint density at radius 1 is 1.27 bits per heavy atom. The van der Waals surface area contributed by atoms with Gasteiger partial charge in [-0.15, -0.1) is 11.3 Å². The smallest absolute Gasteiger partial charge is 0.256 e. The van der Waals surface area contributed by atoms with Crippen molar-refractivity contribution in [2.75, 3.05) is 18.9 Å². The first-order valence-electron chi connectivity index (χ1n) is 9.61. The van der Waals surface area contributed by atoms with Gasteiger partial charge in [-0.25, -0.2) is 0 Å². The van der Waals surface area contributed by atoms with E-state index in [1.165, 1.54) is 16.2 Å². The Hall–Kier alpha value is -2.76. The standard InChI is InChI=1S/C20H17N3OS.C3H8O.H2O.H2/c1-23-10-9-15-17(11-21)20(25-18(15)12-23)22-19(24)16-8-4-6-13-5-2-3-7-14(13)16;1-3(2)4;;/h2-8H,9-10,12H2,1H3,(H,22,24);3-4H,1-2H3;1H2;1H. The maximum atomic E-state index is 12.8. The van der Waals surface area contributed by atoms with Crippen LogP contribution in [0.15, 0.2) is 42.5 Å². The number of aliphatic hydroxyl groups excluding tert-OH is 1. The number of rotatable bonds is 2. The molecule has 0 fully saturated rings. The maximum Gasteiger partial charge on any atom is 0.256 e. The molecule has 7 heteroatoms. The molecule has 0 radical (unpaired) electrons. The summed E-state index contributed by atoms with van der Waals surface area (Å²) < 4.78 is 0. The zero-order valence-corrected chi connectivity index (χ0v) is 18.2. The number of likely N-dealkylation sites (N-methyl/N-ethyl adjacent to an activating group) is 1. The number of aliphatic hydroxyl groups is 1. The highest BCUT2D eigenvalue weighted by molar-refractivity contribution is 7.16. The normalized spacial score (nSPS) is 12.9. The maximum absolute atomic E-state index is 12.8. The first-order valence-corrected chi connectivity index (χ1v) is 10.4. The number of amides is 1. The van der Waals surface area contributed by atoms with E-state index in [-0.39, 0.29) is 18.9 Å². The predicted octanol–water partition coefficient (Wildman–Crippen LogP) is 3.82. The van der Waals surface area contributed by atoms with Gasteiger partial charge >= 0.3 is 0 Å². The molecule has 1 amide bonds. The summed E-state index contributed by atoms with van der Waals surface area (Å²) in [5, 5.41) is 23.2. The van der Waals surface area contributed by atoms with Crippen molar-refractivity contribution in [3.05, 3.63) is 64.0 Å². The van der Waals surface area contributed by atoms with E-state index in [4.69, 9.17) is 5.11 Å². The molecule has 30 heavy (non-hydrogen) atoms. The number of nitrogens with one attached hydrogen (secondary N) is 1. The molecule has 3 aromatic rings. The molecule has 2 aromatic carbocycles. The minimum atomic E-state index is -0.167. The fourth-order valence-corrected chi connectivity index (χ4v) is 4.60. The Kier molecular flexibility index (Phi) is 8.09. The minimum Gasteiger partial charge on any atom is -0.412 e. The van der Waals surface area contributed by atoms with Crippen LogP contribution in [-0.2, 0) is 13.0 Å². The monoisotopic (exact) mass is 427 g/mol. The summed E-state index contributed by atoms with van der Waals surface area (Å²) in [6.07, 6.45) is 0.690. The topological polar surface area (TPSA) is 108 Å². The van der Waals surface area contributed by atoms with Crippen LogP contribution in [0.25, 0.3) is 10.8 Å². The Balaban J connectivity index is 0.000000741. The third-order valence-electron chi connectivity index (χ3n) is 4.62. The molecule has 4 rings (SSSR count).